The molecule has 41 heavy (non-hydrogen) atoms. The van der Waals surface area contributed by atoms with Gasteiger partial charge in [-0.25, -0.2) is 0 Å². The number of carbonyl (C=O) groups is 2. The van der Waals surface area contributed by atoms with E-state index in [2.05, 4.69) is 15.6 Å². The van der Waals surface area contributed by atoms with Gasteiger partial charge in [-0.15, -0.1) is 0 Å². The standard InChI is InChI=1S/C31H31F3N4O3/c32-31(33,34)23-9-4-8-21(14-23)18-35-19-28(39)26(15-20-6-2-1-3-7-20)37-30(41)22-16-25-24(11-12-36-25)27(17-22)38-13-5-10-29(38)40/h1-4,6-9,11-12,14,16-17,26,28,35-36,39H,5,10,13,15,18-19H2,(H,37,41)/t26-,28+/m0/s1. The lowest BCUT2D eigenvalue weighted by Crippen LogP contribution is -2.48. The van der Waals surface area contributed by atoms with Gasteiger partial charge < -0.3 is 25.6 Å². The van der Waals surface area contributed by atoms with Crippen LogP contribution in [-0.4, -0.2) is 47.1 Å². The number of aliphatic hydroxyl groups is 1. The van der Waals surface area contributed by atoms with Crippen molar-refractivity contribution >= 4 is 28.4 Å². The minimum Gasteiger partial charge on any atom is -0.390 e. The number of nitrogens with one attached hydrogen (secondary N) is 3. The number of hydrogen-bond donors (Lipinski definition) is 4. The average molecular weight is 565 g/mol. The Balaban J connectivity index is 1.32. The van der Waals surface area contributed by atoms with Crippen molar-refractivity contribution in [1.29, 1.82) is 0 Å². The van der Waals surface area contributed by atoms with Gasteiger partial charge in [-0.1, -0.05) is 48.5 Å². The van der Waals surface area contributed by atoms with Crippen molar-refractivity contribution in [3.63, 3.8) is 0 Å². The van der Waals surface area contributed by atoms with Crippen LogP contribution >= 0.6 is 0 Å². The van der Waals surface area contributed by atoms with Gasteiger partial charge >= 0.3 is 6.18 Å². The highest BCUT2D eigenvalue weighted by Gasteiger charge is 2.30. The van der Waals surface area contributed by atoms with Crippen molar-refractivity contribution in [3.05, 3.63) is 101 Å². The van der Waals surface area contributed by atoms with E-state index in [0.717, 1.165) is 35.0 Å². The Kier molecular flexibility index (Phi) is 8.41. The highest BCUT2D eigenvalue weighted by atomic mass is 19.4. The number of aliphatic hydroxyl groups excluding tert-OH is 1. The zero-order valence-corrected chi connectivity index (χ0v) is 22.2. The molecule has 0 aliphatic carbocycles. The molecule has 1 saturated heterocycles. The summed E-state index contributed by atoms with van der Waals surface area (Å²) in [6.07, 6.45) is -2.18. The fraction of sp³-hybridized carbons (Fsp3) is 0.290. The summed E-state index contributed by atoms with van der Waals surface area (Å²) in [6, 6.07) is 19.0. The van der Waals surface area contributed by atoms with Crippen LogP contribution in [0.5, 0.6) is 0 Å². The number of amides is 2. The Morgan fingerprint density at radius 2 is 1.80 bits per heavy atom. The summed E-state index contributed by atoms with van der Waals surface area (Å²) in [7, 11) is 0. The third kappa shape index (κ3) is 6.78. The Labute approximate surface area is 235 Å². The second kappa shape index (κ2) is 12.2. The first-order valence-corrected chi connectivity index (χ1v) is 13.5. The molecule has 4 N–H and O–H groups in total. The molecule has 1 aromatic heterocycles. The molecule has 2 heterocycles. The topological polar surface area (TPSA) is 97.5 Å². The normalized spacial score (nSPS) is 15.3. The van der Waals surface area contributed by atoms with Gasteiger partial charge in [0.2, 0.25) is 5.91 Å². The Hall–Kier alpha value is -4.15. The molecule has 214 valence electrons. The van der Waals surface area contributed by atoms with Gasteiger partial charge in [0, 0.05) is 48.7 Å². The molecule has 0 saturated carbocycles. The molecule has 4 aromatic rings. The zero-order valence-electron chi connectivity index (χ0n) is 22.2. The van der Waals surface area contributed by atoms with E-state index >= 15 is 0 Å². The smallest absolute Gasteiger partial charge is 0.390 e. The van der Waals surface area contributed by atoms with Crippen molar-refractivity contribution in [2.45, 2.75) is 44.1 Å². The van der Waals surface area contributed by atoms with E-state index in [4.69, 9.17) is 0 Å². The SMILES string of the molecule is O=C(N[C@@H](Cc1ccccc1)[C@H](O)CNCc1cccc(C(F)(F)F)c1)c1cc(N2CCCC2=O)c2cc[nH]c2c1. The second-order valence-corrected chi connectivity index (χ2v) is 10.2. The number of aromatic nitrogens is 1. The van der Waals surface area contributed by atoms with E-state index in [-0.39, 0.29) is 19.0 Å². The number of nitrogens with zero attached hydrogens (tertiary/aromatic N) is 1. The number of carbonyl (C=O) groups excluding carboxylic acids is 2. The van der Waals surface area contributed by atoms with Crippen molar-refractivity contribution in [1.82, 2.24) is 15.6 Å². The maximum absolute atomic E-state index is 13.5. The fourth-order valence-electron chi connectivity index (χ4n) is 5.17. The van der Waals surface area contributed by atoms with Gasteiger partial charge in [0.15, 0.2) is 0 Å². The van der Waals surface area contributed by atoms with Crippen molar-refractivity contribution in [2.24, 2.45) is 0 Å². The van der Waals surface area contributed by atoms with E-state index in [9.17, 15) is 27.9 Å². The van der Waals surface area contributed by atoms with E-state index in [0.29, 0.717) is 36.2 Å². The third-order valence-corrected chi connectivity index (χ3v) is 7.29. The third-order valence-electron chi connectivity index (χ3n) is 7.29. The molecule has 1 aliphatic heterocycles. The monoisotopic (exact) mass is 564 g/mol. The van der Waals surface area contributed by atoms with Crippen LogP contribution in [0.1, 0.15) is 39.9 Å². The molecule has 0 unspecified atom stereocenters. The van der Waals surface area contributed by atoms with Crippen LogP contribution in [0.4, 0.5) is 18.9 Å². The molecule has 3 aromatic carbocycles. The molecule has 1 aliphatic rings. The number of rotatable bonds is 10. The van der Waals surface area contributed by atoms with Gasteiger partial charge in [0.25, 0.3) is 5.91 Å². The average Bonchev–Trinajstić information content (AvgIpc) is 3.61. The maximum atomic E-state index is 13.5. The lowest BCUT2D eigenvalue weighted by molar-refractivity contribution is -0.137. The van der Waals surface area contributed by atoms with Gasteiger partial charge in [-0.2, -0.15) is 13.2 Å². The maximum Gasteiger partial charge on any atom is 0.416 e. The first kappa shape index (κ1) is 28.4. The summed E-state index contributed by atoms with van der Waals surface area (Å²) in [5.41, 5.74) is 2.32. The van der Waals surface area contributed by atoms with Gasteiger partial charge in [0.05, 0.1) is 23.4 Å². The highest BCUT2D eigenvalue weighted by Crippen LogP contribution is 2.32. The largest absolute Gasteiger partial charge is 0.416 e. The molecule has 0 spiro atoms. The van der Waals surface area contributed by atoms with E-state index in [1.807, 2.05) is 36.4 Å². The number of hydrogen-bond acceptors (Lipinski definition) is 4. The van der Waals surface area contributed by atoms with E-state index < -0.39 is 29.8 Å². The molecule has 0 radical (unpaired) electrons. The van der Waals surface area contributed by atoms with Crippen LogP contribution in [0, 0.1) is 0 Å². The van der Waals surface area contributed by atoms with Crippen molar-refractivity contribution in [3.8, 4) is 0 Å². The lowest BCUT2D eigenvalue weighted by atomic mass is 10.00. The second-order valence-electron chi connectivity index (χ2n) is 10.2. The highest BCUT2D eigenvalue weighted by molar-refractivity contribution is 6.08. The predicted octanol–water partition coefficient (Wildman–Crippen LogP) is 4.81. The van der Waals surface area contributed by atoms with Gasteiger partial charge in [-0.05, 0) is 48.2 Å². The Morgan fingerprint density at radius 3 is 2.54 bits per heavy atom. The zero-order chi connectivity index (χ0) is 29.0. The number of H-pyrrole nitrogens is 1. The van der Waals surface area contributed by atoms with Crippen LogP contribution in [-0.2, 0) is 23.9 Å². The van der Waals surface area contributed by atoms with Crippen LogP contribution in [0.25, 0.3) is 10.9 Å². The van der Waals surface area contributed by atoms with Gasteiger partial charge in [-0.3, -0.25) is 9.59 Å². The lowest BCUT2D eigenvalue weighted by Gasteiger charge is -2.25. The summed E-state index contributed by atoms with van der Waals surface area (Å²) in [6.45, 7) is 0.734. The summed E-state index contributed by atoms with van der Waals surface area (Å²) in [5, 5.41) is 17.9. The minimum absolute atomic E-state index is 0.00859. The molecule has 1 fully saturated rings. The van der Waals surface area contributed by atoms with Crippen LogP contribution in [0.3, 0.4) is 0 Å². The summed E-state index contributed by atoms with van der Waals surface area (Å²) >= 11 is 0. The minimum atomic E-state index is -4.44. The number of halogens is 3. The Bertz CT molecular complexity index is 1520. The Morgan fingerprint density at radius 1 is 1.02 bits per heavy atom. The number of aromatic amines is 1. The van der Waals surface area contributed by atoms with Crippen LogP contribution in [0.15, 0.2) is 79.0 Å². The number of alkyl halides is 3. The molecule has 5 rings (SSSR count). The van der Waals surface area contributed by atoms with Crippen LogP contribution < -0.4 is 15.5 Å². The number of fused-ring (bicyclic) bond motifs is 1. The summed E-state index contributed by atoms with van der Waals surface area (Å²) in [4.78, 5) is 30.8. The van der Waals surface area contributed by atoms with E-state index in [1.165, 1.54) is 6.07 Å². The van der Waals surface area contributed by atoms with Crippen molar-refractivity contribution in [2.75, 3.05) is 18.0 Å². The first-order valence-electron chi connectivity index (χ1n) is 13.5. The van der Waals surface area contributed by atoms with Crippen molar-refractivity contribution < 1.29 is 27.9 Å². The van der Waals surface area contributed by atoms with Gasteiger partial charge in [0.1, 0.15) is 0 Å². The molecule has 10 heteroatoms. The molecule has 7 nitrogen and oxygen atoms in total. The first-order chi connectivity index (χ1) is 19.7. The number of benzene rings is 3. The molecule has 0 bridgehead atoms. The quantitative estimate of drug-likeness (QED) is 0.222. The fourth-order valence-corrected chi connectivity index (χ4v) is 5.17. The van der Waals surface area contributed by atoms with E-state index in [1.54, 1.807) is 29.3 Å². The summed E-state index contributed by atoms with van der Waals surface area (Å²) < 4.78 is 39.2. The molecular weight excluding hydrogens is 533 g/mol. The molecular formula is C31H31F3N4O3. The molecule has 2 atom stereocenters. The molecule has 2 amide bonds. The predicted molar refractivity (Wildman–Crippen MR) is 150 cm³/mol. The number of anilines is 1. The summed E-state index contributed by atoms with van der Waals surface area (Å²) in [5.74, 6) is -0.401. The van der Waals surface area contributed by atoms with Crippen LogP contribution in [0.2, 0.25) is 0 Å².